The number of carbonyl (C=O) groups excluding carboxylic acids is 3. The minimum atomic E-state index is -1.09. The van der Waals surface area contributed by atoms with Crippen molar-refractivity contribution >= 4 is 34.4 Å². The van der Waals surface area contributed by atoms with Crippen LogP contribution in [0.3, 0.4) is 0 Å². The van der Waals surface area contributed by atoms with Gasteiger partial charge in [-0.1, -0.05) is 73.7 Å². The minimum absolute atomic E-state index is 0.00615. The fourth-order valence-corrected chi connectivity index (χ4v) is 7.25. The second-order valence-corrected chi connectivity index (χ2v) is 10.6. The first-order valence-corrected chi connectivity index (χ1v) is 12.6. The molecule has 4 heteroatoms. The summed E-state index contributed by atoms with van der Waals surface area (Å²) in [5, 5.41) is 0. The summed E-state index contributed by atoms with van der Waals surface area (Å²) >= 11 is 0. The van der Waals surface area contributed by atoms with Crippen LogP contribution in [0.5, 0.6) is 0 Å². The van der Waals surface area contributed by atoms with Crippen LogP contribution in [0.4, 0.5) is 5.69 Å². The third-order valence-electron chi connectivity index (χ3n) is 8.98. The van der Waals surface area contributed by atoms with Crippen LogP contribution in [-0.4, -0.2) is 17.6 Å². The van der Waals surface area contributed by atoms with Gasteiger partial charge in [0.25, 0.3) is 0 Å². The average Bonchev–Trinajstić information content (AvgIpc) is 3.36. The molecule has 2 bridgehead atoms. The number of hydrogen-bond acceptors (Lipinski definition) is 3. The first kappa shape index (κ1) is 22.7. The molecule has 2 amide bonds. The molecule has 36 heavy (non-hydrogen) atoms. The largest absolute Gasteiger partial charge is 0.298 e. The van der Waals surface area contributed by atoms with E-state index in [0.717, 1.165) is 33.4 Å². The first-order valence-electron chi connectivity index (χ1n) is 12.6. The van der Waals surface area contributed by atoms with Crippen LogP contribution < -0.4 is 4.90 Å². The number of nitrogens with zero attached hydrogens (tertiary/aromatic N) is 1. The standard InChI is InChI=1S/C32H29NO3/c1-5-32-25(22-14-10-7-11-15-22)24(21-12-8-6-9-13-21)31(4,30(32)36)26-27(32)29(35)33(28(26)34)23-17-16-19(2)20(3)18-23/h6-18,26-27H,5H2,1-4H3/t26-,27+,31-,32-/m0/s1. The van der Waals surface area contributed by atoms with Gasteiger partial charge >= 0.3 is 0 Å². The van der Waals surface area contributed by atoms with Gasteiger partial charge in [-0.2, -0.15) is 0 Å². The average molecular weight is 476 g/mol. The fourth-order valence-electron chi connectivity index (χ4n) is 7.25. The fraction of sp³-hybridized carbons (Fsp3) is 0.281. The molecule has 3 aliphatic rings. The molecule has 0 unspecified atom stereocenters. The molecule has 2 fully saturated rings. The molecule has 0 spiro atoms. The molecule has 0 N–H and O–H groups in total. The van der Waals surface area contributed by atoms with E-state index in [1.54, 1.807) is 0 Å². The van der Waals surface area contributed by atoms with Crippen LogP contribution in [0.1, 0.15) is 42.5 Å². The number of imide groups is 1. The van der Waals surface area contributed by atoms with E-state index in [1.807, 2.05) is 107 Å². The van der Waals surface area contributed by atoms with Crippen molar-refractivity contribution in [2.75, 3.05) is 4.90 Å². The van der Waals surface area contributed by atoms with Crippen molar-refractivity contribution in [3.05, 3.63) is 101 Å². The van der Waals surface area contributed by atoms with Crippen LogP contribution in [0.2, 0.25) is 0 Å². The lowest BCUT2D eigenvalue weighted by molar-refractivity contribution is -0.134. The highest BCUT2D eigenvalue weighted by Crippen LogP contribution is 2.74. The number of anilines is 1. The zero-order valence-electron chi connectivity index (χ0n) is 21.0. The SMILES string of the molecule is CC[C@]12C(=O)[C@@](C)(C(c3ccccc3)=C1c1ccccc1)[C@@H]1C(=O)N(c3ccc(C)c(C)c3)C(=O)[C@@H]12. The van der Waals surface area contributed by atoms with E-state index in [9.17, 15) is 14.4 Å². The molecule has 3 aromatic rings. The van der Waals surface area contributed by atoms with Crippen LogP contribution in [0, 0.1) is 36.5 Å². The topological polar surface area (TPSA) is 54.5 Å². The van der Waals surface area contributed by atoms with Crippen molar-refractivity contribution in [1.82, 2.24) is 0 Å². The van der Waals surface area contributed by atoms with Gasteiger partial charge in [-0.25, -0.2) is 4.90 Å². The molecule has 1 heterocycles. The van der Waals surface area contributed by atoms with Gasteiger partial charge in [-0.05, 0) is 72.7 Å². The maximum absolute atomic E-state index is 14.5. The van der Waals surface area contributed by atoms with Crippen molar-refractivity contribution in [3.8, 4) is 0 Å². The van der Waals surface area contributed by atoms with Gasteiger partial charge in [-0.15, -0.1) is 0 Å². The van der Waals surface area contributed by atoms with E-state index >= 15 is 0 Å². The maximum Gasteiger partial charge on any atom is 0.239 e. The Kier molecular flexibility index (Phi) is 4.79. The molecule has 1 saturated heterocycles. The molecule has 0 aromatic heterocycles. The number of ketones is 1. The van der Waals surface area contributed by atoms with Crippen molar-refractivity contribution in [1.29, 1.82) is 0 Å². The molecule has 1 saturated carbocycles. The Hall–Kier alpha value is -3.79. The predicted molar refractivity (Wildman–Crippen MR) is 141 cm³/mol. The smallest absolute Gasteiger partial charge is 0.239 e. The van der Waals surface area contributed by atoms with Crippen LogP contribution in [-0.2, 0) is 14.4 Å². The highest BCUT2D eigenvalue weighted by Gasteiger charge is 2.79. The Labute approximate surface area is 211 Å². The van der Waals surface area contributed by atoms with Crippen molar-refractivity contribution in [3.63, 3.8) is 0 Å². The molecule has 2 aliphatic carbocycles. The van der Waals surface area contributed by atoms with E-state index in [-0.39, 0.29) is 17.6 Å². The Morgan fingerprint density at radius 3 is 1.83 bits per heavy atom. The van der Waals surface area contributed by atoms with Crippen molar-refractivity contribution in [2.24, 2.45) is 22.7 Å². The molecule has 4 atom stereocenters. The minimum Gasteiger partial charge on any atom is -0.298 e. The van der Waals surface area contributed by atoms with Crippen LogP contribution >= 0.6 is 0 Å². The van der Waals surface area contributed by atoms with Gasteiger partial charge in [0.05, 0.1) is 28.4 Å². The molecule has 6 rings (SSSR count). The lowest BCUT2D eigenvalue weighted by Gasteiger charge is -2.37. The number of benzene rings is 3. The molecule has 180 valence electrons. The Bertz CT molecular complexity index is 1470. The number of allylic oxidation sites excluding steroid dienone is 2. The highest BCUT2D eigenvalue weighted by molar-refractivity contribution is 6.34. The van der Waals surface area contributed by atoms with Crippen molar-refractivity contribution in [2.45, 2.75) is 34.1 Å². The second-order valence-electron chi connectivity index (χ2n) is 10.6. The normalized spacial score (nSPS) is 28.9. The molecular weight excluding hydrogens is 446 g/mol. The Morgan fingerprint density at radius 1 is 0.722 bits per heavy atom. The van der Waals surface area contributed by atoms with E-state index in [2.05, 4.69) is 0 Å². The quantitative estimate of drug-likeness (QED) is 0.434. The van der Waals surface area contributed by atoms with Crippen LogP contribution in [0.25, 0.3) is 11.1 Å². The third-order valence-corrected chi connectivity index (χ3v) is 8.98. The summed E-state index contributed by atoms with van der Waals surface area (Å²) < 4.78 is 0. The summed E-state index contributed by atoms with van der Waals surface area (Å²) in [6.07, 6.45) is 0.461. The van der Waals surface area contributed by atoms with Gasteiger partial charge in [0, 0.05) is 0 Å². The summed E-state index contributed by atoms with van der Waals surface area (Å²) in [6.45, 7) is 7.87. The van der Waals surface area contributed by atoms with Gasteiger partial charge in [0.2, 0.25) is 11.8 Å². The summed E-state index contributed by atoms with van der Waals surface area (Å²) in [5.74, 6) is -1.95. The molecule has 3 aromatic carbocycles. The Morgan fingerprint density at radius 2 is 1.28 bits per heavy atom. The number of amides is 2. The number of Topliss-reactive ketones (excluding diaryl/α,β-unsaturated/α-hetero) is 1. The maximum atomic E-state index is 14.5. The molecule has 1 aliphatic heterocycles. The lowest BCUT2D eigenvalue weighted by Crippen LogP contribution is -2.41. The van der Waals surface area contributed by atoms with E-state index in [4.69, 9.17) is 0 Å². The summed E-state index contributed by atoms with van der Waals surface area (Å²) in [7, 11) is 0. The Balaban J connectivity index is 1.64. The van der Waals surface area contributed by atoms with Gasteiger partial charge in [0.15, 0.2) is 5.78 Å². The highest BCUT2D eigenvalue weighted by atomic mass is 16.2. The number of carbonyl (C=O) groups is 3. The third kappa shape index (κ3) is 2.57. The van der Waals surface area contributed by atoms with E-state index in [0.29, 0.717) is 12.1 Å². The first-order chi connectivity index (χ1) is 17.3. The van der Waals surface area contributed by atoms with E-state index in [1.165, 1.54) is 4.90 Å². The van der Waals surface area contributed by atoms with Gasteiger partial charge in [-0.3, -0.25) is 14.4 Å². The number of hydrogen-bond donors (Lipinski definition) is 0. The van der Waals surface area contributed by atoms with Gasteiger partial charge < -0.3 is 0 Å². The number of aryl methyl sites for hydroxylation is 2. The molecule has 4 nitrogen and oxygen atoms in total. The summed E-state index contributed by atoms with van der Waals surface area (Å²) in [5.41, 5.74) is 4.26. The number of rotatable bonds is 4. The van der Waals surface area contributed by atoms with E-state index < -0.39 is 22.7 Å². The molecular formula is C32H29NO3. The monoisotopic (exact) mass is 475 g/mol. The summed E-state index contributed by atoms with van der Waals surface area (Å²) in [4.78, 5) is 44.2. The number of fused-ring (bicyclic) bond motifs is 5. The van der Waals surface area contributed by atoms with Crippen molar-refractivity contribution < 1.29 is 14.4 Å². The summed E-state index contributed by atoms with van der Waals surface area (Å²) in [6, 6.07) is 25.5. The van der Waals surface area contributed by atoms with Crippen LogP contribution in [0.15, 0.2) is 78.9 Å². The lowest BCUT2D eigenvalue weighted by atomic mass is 9.62. The predicted octanol–water partition coefficient (Wildman–Crippen LogP) is 6.02. The zero-order chi connectivity index (χ0) is 25.4. The zero-order valence-corrected chi connectivity index (χ0v) is 21.0. The van der Waals surface area contributed by atoms with Gasteiger partial charge in [0.1, 0.15) is 0 Å². The molecule has 0 radical (unpaired) electrons. The second kappa shape index (κ2) is 7.60.